The van der Waals surface area contributed by atoms with Crippen LogP contribution in [0.4, 0.5) is 0 Å². The number of fused-ring (bicyclic) bond motifs is 1. The third-order valence-electron chi connectivity index (χ3n) is 3.43. The van der Waals surface area contributed by atoms with Gasteiger partial charge in [-0.15, -0.1) is 0 Å². The molecular formula is C14H18N2O3. The lowest BCUT2D eigenvalue weighted by Gasteiger charge is -2.26. The molecule has 1 aliphatic carbocycles. The molecular weight excluding hydrogens is 244 g/mol. The van der Waals surface area contributed by atoms with Crippen LogP contribution in [0.5, 0.6) is 0 Å². The van der Waals surface area contributed by atoms with Crippen molar-refractivity contribution in [1.82, 2.24) is 5.32 Å². The number of carbonyl (C=O) groups is 2. The fourth-order valence-corrected chi connectivity index (χ4v) is 2.44. The molecule has 2 atom stereocenters. The minimum Gasteiger partial charge on any atom is -0.480 e. The van der Waals surface area contributed by atoms with Crippen LogP contribution in [0.25, 0.3) is 0 Å². The third kappa shape index (κ3) is 3.32. The molecule has 0 bridgehead atoms. The zero-order valence-corrected chi connectivity index (χ0v) is 10.6. The Morgan fingerprint density at radius 1 is 1.42 bits per heavy atom. The molecule has 0 saturated heterocycles. The van der Waals surface area contributed by atoms with E-state index in [0.29, 0.717) is 0 Å². The Labute approximate surface area is 111 Å². The summed E-state index contributed by atoms with van der Waals surface area (Å²) < 4.78 is 0. The first-order valence-electron chi connectivity index (χ1n) is 6.43. The van der Waals surface area contributed by atoms with Crippen LogP contribution in [0, 0.1) is 0 Å². The molecule has 0 aliphatic heterocycles. The number of carboxylic acid groups (broad SMARTS) is 1. The molecule has 102 valence electrons. The van der Waals surface area contributed by atoms with Crippen molar-refractivity contribution in [2.75, 3.05) is 0 Å². The fraction of sp³-hybridized carbons (Fsp3) is 0.429. The maximum absolute atomic E-state index is 11.8. The standard InChI is InChI=1S/C14H18N2O3/c15-11(14(18)19)8-13(17)16-12-7-3-5-9-4-1-2-6-10(9)12/h1-2,4,6,11-12H,3,5,7-8,15H2,(H,16,17)(H,18,19). The molecule has 0 spiro atoms. The van der Waals surface area contributed by atoms with Gasteiger partial charge in [-0.05, 0) is 30.4 Å². The van der Waals surface area contributed by atoms with E-state index in [-0.39, 0.29) is 18.4 Å². The highest BCUT2D eigenvalue weighted by Crippen LogP contribution is 2.29. The maximum atomic E-state index is 11.8. The molecule has 2 rings (SSSR count). The number of carboxylic acids is 1. The first kappa shape index (κ1) is 13.5. The van der Waals surface area contributed by atoms with Crippen LogP contribution in [0.1, 0.15) is 36.4 Å². The van der Waals surface area contributed by atoms with E-state index >= 15 is 0 Å². The van der Waals surface area contributed by atoms with Gasteiger partial charge in [-0.25, -0.2) is 0 Å². The van der Waals surface area contributed by atoms with Gasteiger partial charge >= 0.3 is 5.97 Å². The van der Waals surface area contributed by atoms with Crippen molar-refractivity contribution in [3.63, 3.8) is 0 Å². The molecule has 1 aromatic rings. The predicted molar refractivity (Wildman–Crippen MR) is 70.5 cm³/mol. The Morgan fingerprint density at radius 3 is 2.89 bits per heavy atom. The lowest BCUT2D eigenvalue weighted by atomic mass is 9.87. The van der Waals surface area contributed by atoms with Gasteiger partial charge in [0.05, 0.1) is 12.5 Å². The third-order valence-corrected chi connectivity index (χ3v) is 3.43. The van der Waals surface area contributed by atoms with Crippen molar-refractivity contribution in [3.8, 4) is 0 Å². The molecule has 19 heavy (non-hydrogen) atoms. The van der Waals surface area contributed by atoms with Gasteiger partial charge in [0.2, 0.25) is 5.91 Å². The van der Waals surface area contributed by atoms with Gasteiger partial charge in [-0.2, -0.15) is 0 Å². The van der Waals surface area contributed by atoms with E-state index in [2.05, 4.69) is 11.4 Å². The fourth-order valence-electron chi connectivity index (χ4n) is 2.44. The van der Waals surface area contributed by atoms with Gasteiger partial charge in [0.1, 0.15) is 6.04 Å². The first-order valence-corrected chi connectivity index (χ1v) is 6.43. The topological polar surface area (TPSA) is 92.4 Å². The highest BCUT2D eigenvalue weighted by molar-refractivity contribution is 5.84. The monoisotopic (exact) mass is 262 g/mol. The molecule has 1 aromatic carbocycles. The minimum absolute atomic E-state index is 0.0292. The van der Waals surface area contributed by atoms with Gasteiger partial charge in [0.25, 0.3) is 0 Å². The summed E-state index contributed by atoms with van der Waals surface area (Å²) >= 11 is 0. The van der Waals surface area contributed by atoms with E-state index in [1.165, 1.54) is 5.56 Å². The van der Waals surface area contributed by atoms with Crippen molar-refractivity contribution in [2.24, 2.45) is 5.73 Å². The van der Waals surface area contributed by atoms with Crippen molar-refractivity contribution >= 4 is 11.9 Å². The van der Waals surface area contributed by atoms with Crippen LogP contribution < -0.4 is 11.1 Å². The Kier molecular flexibility index (Phi) is 4.16. The molecule has 2 unspecified atom stereocenters. The summed E-state index contributed by atoms with van der Waals surface area (Å²) in [6.07, 6.45) is 2.74. The molecule has 0 saturated carbocycles. The smallest absolute Gasteiger partial charge is 0.321 e. The largest absolute Gasteiger partial charge is 0.480 e. The summed E-state index contributed by atoms with van der Waals surface area (Å²) in [4.78, 5) is 22.4. The summed E-state index contributed by atoms with van der Waals surface area (Å²) in [6.45, 7) is 0. The van der Waals surface area contributed by atoms with Crippen LogP contribution in [0.15, 0.2) is 24.3 Å². The summed E-state index contributed by atoms with van der Waals surface area (Å²) in [5.74, 6) is -1.46. The Balaban J connectivity index is 2.01. The van der Waals surface area contributed by atoms with Gasteiger partial charge in [-0.1, -0.05) is 24.3 Å². The number of nitrogens with two attached hydrogens (primary N) is 1. The van der Waals surface area contributed by atoms with E-state index in [9.17, 15) is 9.59 Å². The maximum Gasteiger partial charge on any atom is 0.321 e. The lowest BCUT2D eigenvalue weighted by Crippen LogP contribution is -2.38. The predicted octanol–water partition coefficient (Wildman–Crippen LogP) is 0.982. The van der Waals surface area contributed by atoms with Crippen molar-refractivity contribution in [2.45, 2.75) is 37.8 Å². The molecule has 4 N–H and O–H groups in total. The second-order valence-corrected chi connectivity index (χ2v) is 4.86. The SMILES string of the molecule is NC(CC(=O)NC1CCCc2ccccc21)C(=O)O. The Morgan fingerprint density at radius 2 is 2.16 bits per heavy atom. The Hall–Kier alpha value is -1.88. The van der Waals surface area contributed by atoms with Gasteiger partial charge in [-0.3, -0.25) is 9.59 Å². The van der Waals surface area contributed by atoms with Crippen LogP contribution in [-0.4, -0.2) is 23.0 Å². The number of amides is 1. The number of nitrogens with one attached hydrogen (secondary N) is 1. The lowest BCUT2D eigenvalue weighted by molar-refractivity contribution is -0.140. The van der Waals surface area contributed by atoms with Gasteiger partial charge in [0.15, 0.2) is 0 Å². The second kappa shape index (κ2) is 5.84. The molecule has 0 aromatic heterocycles. The zero-order valence-electron chi connectivity index (χ0n) is 10.6. The van der Waals surface area contributed by atoms with Crippen LogP contribution in [-0.2, 0) is 16.0 Å². The molecule has 0 fully saturated rings. The molecule has 1 aliphatic rings. The quantitative estimate of drug-likeness (QED) is 0.754. The number of benzene rings is 1. The molecule has 5 heteroatoms. The highest BCUT2D eigenvalue weighted by atomic mass is 16.4. The number of carbonyl (C=O) groups excluding carboxylic acids is 1. The van der Waals surface area contributed by atoms with E-state index < -0.39 is 12.0 Å². The summed E-state index contributed by atoms with van der Waals surface area (Å²) in [7, 11) is 0. The van der Waals surface area contributed by atoms with Gasteiger partial charge < -0.3 is 16.2 Å². The number of hydrogen-bond donors (Lipinski definition) is 3. The summed E-state index contributed by atoms with van der Waals surface area (Å²) in [5.41, 5.74) is 7.74. The van der Waals surface area contributed by atoms with Crippen molar-refractivity contribution in [1.29, 1.82) is 0 Å². The number of rotatable bonds is 4. The Bertz CT molecular complexity index is 487. The zero-order chi connectivity index (χ0) is 13.8. The van der Waals surface area contributed by atoms with E-state index in [4.69, 9.17) is 10.8 Å². The summed E-state index contributed by atoms with van der Waals surface area (Å²) in [6, 6.07) is 6.85. The molecule has 1 amide bonds. The van der Waals surface area contributed by atoms with Gasteiger partial charge in [0, 0.05) is 0 Å². The van der Waals surface area contributed by atoms with E-state index in [1.807, 2.05) is 18.2 Å². The number of aliphatic carboxylic acids is 1. The van der Waals surface area contributed by atoms with Crippen LogP contribution in [0.2, 0.25) is 0 Å². The minimum atomic E-state index is -1.15. The average Bonchev–Trinajstić information content (AvgIpc) is 2.39. The van der Waals surface area contributed by atoms with E-state index in [1.54, 1.807) is 0 Å². The van der Waals surface area contributed by atoms with Crippen molar-refractivity contribution < 1.29 is 14.7 Å². The van der Waals surface area contributed by atoms with Crippen LogP contribution >= 0.6 is 0 Å². The first-order chi connectivity index (χ1) is 9.08. The normalized spacial score (nSPS) is 19.3. The molecule has 0 radical (unpaired) electrons. The van der Waals surface area contributed by atoms with E-state index in [0.717, 1.165) is 24.8 Å². The molecule has 0 heterocycles. The second-order valence-electron chi connectivity index (χ2n) is 4.86. The average molecular weight is 262 g/mol. The molecule has 5 nitrogen and oxygen atoms in total. The highest BCUT2D eigenvalue weighted by Gasteiger charge is 2.23. The van der Waals surface area contributed by atoms with Crippen LogP contribution in [0.3, 0.4) is 0 Å². The number of hydrogen-bond acceptors (Lipinski definition) is 3. The number of aryl methyl sites for hydroxylation is 1. The summed E-state index contributed by atoms with van der Waals surface area (Å²) in [5, 5.41) is 11.6. The van der Waals surface area contributed by atoms with Crippen molar-refractivity contribution in [3.05, 3.63) is 35.4 Å².